The lowest BCUT2D eigenvalue weighted by molar-refractivity contribution is 0.116. The highest BCUT2D eigenvalue weighted by atomic mass is 29.3. The van der Waals surface area contributed by atoms with Crippen LogP contribution < -0.4 is 0 Å². The molecule has 0 radical (unpaired) electrons. The van der Waals surface area contributed by atoms with Gasteiger partial charge in [0.15, 0.2) is 16.2 Å². The summed E-state index contributed by atoms with van der Waals surface area (Å²) in [5, 5.41) is 0. The van der Waals surface area contributed by atoms with Crippen LogP contribution in [0, 0.1) is 0 Å². The van der Waals surface area contributed by atoms with Crippen LogP contribution in [0.2, 0.25) is 58.4 Å². The van der Waals surface area contributed by atoms with Crippen molar-refractivity contribution >= 4 is 32.5 Å². The molecular weight excluding hydrogens is 373 g/mol. The molecule has 1 fully saturated rings. The van der Waals surface area contributed by atoms with Crippen LogP contribution in [0.25, 0.3) is 0 Å². The Labute approximate surface area is 152 Å². The van der Waals surface area contributed by atoms with E-state index in [1.165, 1.54) is 0 Å². The average molecular weight is 411 g/mol. The Bertz CT molecular complexity index is 396. The SMILES string of the molecule is CO[Si](C)(C)[Si](C)(CCCOCC1CO1)O[Si](C)(C)O[Si](C)(C)C. The highest BCUT2D eigenvalue weighted by molar-refractivity contribution is 7.37. The van der Waals surface area contributed by atoms with E-state index in [1.54, 1.807) is 0 Å². The smallest absolute Gasteiger partial charge is 0.311 e. The summed E-state index contributed by atoms with van der Waals surface area (Å²) in [6, 6.07) is 1.07. The van der Waals surface area contributed by atoms with Crippen LogP contribution >= 0.6 is 0 Å². The summed E-state index contributed by atoms with van der Waals surface area (Å²) in [5.41, 5.74) is 0. The standard InChI is InChI=1S/C15H38O5Si4/c1-16-23(7,8)24(9,12-10-11-17-13-15-14-18-15)20-22(5,6)19-21(2,3)4/h15H,10-14H2,1-9H3. The van der Waals surface area contributed by atoms with Crippen LogP contribution in [0.15, 0.2) is 0 Å². The van der Waals surface area contributed by atoms with E-state index < -0.39 is 32.5 Å². The molecule has 2 atom stereocenters. The van der Waals surface area contributed by atoms with Crippen molar-refractivity contribution in [3.63, 3.8) is 0 Å². The van der Waals surface area contributed by atoms with Crippen LogP contribution in [-0.2, 0) is 22.1 Å². The molecule has 0 bridgehead atoms. The van der Waals surface area contributed by atoms with Gasteiger partial charge in [0, 0.05) is 13.7 Å². The van der Waals surface area contributed by atoms with Crippen LogP contribution in [-0.4, -0.2) is 65.6 Å². The predicted octanol–water partition coefficient (Wildman–Crippen LogP) is 3.87. The van der Waals surface area contributed by atoms with Crippen LogP contribution in [0.5, 0.6) is 0 Å². The molecule has 144 valence electrons. The van der Waals surface area contributed by atoms with Gasteiger partial charge >= 0.3 is 8.56 Å². The Kier molecular flexibility index (Phi) is 8.11. The Morgan fingerprint density at radius 1 is 0.958 bits per heavy atom. The third-order valence-electron chi connectivity index (χ3n) is 4.46. The normalized spacial score (nSPS) is 21.6. The lowest BCUT2D eigenvalue weighted by Gasteiger charge is -2.45. The molecule has 0 aliphatic carbocycles. The fourth-order valence-electron chi connectivity index (χ4n) is 2.88. The first kappa shape index (κ1) is 22.7. The Morgan fingerprint density at radius 3 is 2.00 bits per heavy atom. The van der Waals surface area contributed by atoms with Crippen molar-refractivity contribution in [2.75, 3.05) is 26.9 Å². The van der Waals surface area contributed by atoms with Gasteiger partial charge in [0.25, 0.3) is 0 Å². The quantitative estimate of drug-likeness (QED) is 0.278. The van der Waals surface area contributed by atoms with E-state index in [9.17, 15) is 0 Å². The molecule has 0 amide bonds. The van der Waals surface area contributed by atoms with E-state index in [1.807, 2.05) is 7.11 Å². The molecule has 1 rings (SSSR count). The van der Waals surface area contributed by atoms with Crippen molar-refractivity contribution in [1.29, 1.82) is 0 Å². The number of epoxide rings is 1. The lowest BCUT2D eigenvalue weighted by atomic mass is 10.5. The lowest BCUT2D eigenvalue weighted by Crippen LogP contribution is -2.65. The van der Waals surface area contributed by atoms with Gasteiger partial charge in [-0.3, -0.25) is 0 Å². The fourth-order valence-corrected chi connectivity index (χ4v) is 25.0. The number of hydrogen-bond donors (Lipinski definition) is 0. The molecule has 0 aromatic carbocycles. The summed E-state index contributed by atoms with van der Waals surface area (Å²) in [4.78, 5) is 0. The van der Waals surface area contributed by atoms with Gasteiger partial charge < -0.3 is 22.1 Å². The number of ether oxygens (including phenoxy) is 2. The molecule has 9 heteroatoms. The number of rotatable bonds is 12. The van der Waals surface area contributed by atoms with Gasteiger partial charge in [-0.25, -0.2) is 0 Å². The largest absolute Gasteiger partial charge is 0.437 e. The van der Waals surface area contributed by atoms with Gasteiger partial charge in [-0.15, -0.1) is 0 Å². The molecular formula is C15H38O5Si4. The predicted molar refractivity (Wildman–Crippen MR) is 109 cm³/mol. The summed E-state index contributed by atoms with van der Waals surface area (Å²) in [7, 11) is -5.82. The minimum atomic E-state index is -2.16. The van der Waals surface area contributed by atoms with E-state index in [2.05, 4.69) is 52.4 Å². The van der Waals surface area contributed by atoms with E-state index in [4.69, 9.17) is 22.1 Å². The second-order valence-electron chi connectivity index (χ2n) is 8.80. The Balaban J connectivity index is 2.66. The van der Waals surface area contributed by atoms with Gasteiger partial charge in [-0.1, -0.05) is 0 Å². The van der Waals surface area contributed by atoms with Gasteiger partial charge in [0.2, 0.25) is 7.83 Å². The molecule has 0 saturated carbocycles. The van der Waals surface area contributed by atoms with Gasteiger partial charge in [-0.2, -0.15) is 0 Å². The summed E-state index contributed by atoms with van der Waals surface area (Å²) >= 11 is 0. The molecule has 5 nitrogen and oxygen atoms in total. The summed E-state index contributed by atoms with van der Waals surface area (Å²) in [5.74, 6) is 0. The summed E-state index contributed by atoms with van der Waals surface area (Å²) in [6.07, 6.45) is 1.36. The molecule has 1 aliphatic heterocycles. The fraction of sp³-hybridized carbons (Fsp3) is 1.00. The van der Waals surface area contributed by atoms with Gasteiger partial charge in [0.05, 0.1) is 13.2 Å². The molecule has 1 heterocycles. The highest BCUT2D eigenvalue weighted by Crippen LogP contribution is 2.31. The molecule has 1 aliphatic rings. The van der Waals surface area contributed by atoms with Crippen LogP contribution in [0.1, 0.15) is 6.42 Å². The molecule has 24 heavy (non-hydrogen) atoms. The topological polar surface area (TPSA) is 49.5 Å². The third kappa shape index (κ3) is 7.92. The molecule has 0 spiro atoms. The van der Waals surface area contributed by atoms with Crippen LogP contribution in [0.4, 0.5) is 0 Å². The Hall–Kier alpha value is 0.668. The van der Waals surface area contributed by atoms with E-state index in [-0.39, 0.29) is 0 Å². The van der Waals surface area contributed by atoms with Crippen LogP contribution in [0.3, 0.4) is 0 Å². The first-order valence-corrected chi connectivity index (χ1v) is 21.7. The molecule has 0 aromatic rings. The first-order chi connectivity index (χ1) is 10.8. The van der Waals surface area contributed by atoms with Crippen molar-refractivity contribution in [3.8, 4) is 0 Å². The Morgan fingerprint density at radius 2 is 1.54 bits per heavy atom. The van der Waals surface area contributed by atoms with Crippen molar-refractivity contribution < 1.29 is 22.1 Å². The molecule has 2 unspecified atom stereocenters. The first-order valence-electron chi connectivity index (χ1n) is 8.95. The minimum absolute atomic E-state index is 0.339. The zero-order valence-electron chi connectivity index (χ0n) is 17.2. The highest BCUT2D eigenvalue weighted by Gasteiger charge is 2.52. The third-order valence-corrected chi connectivity index (χ3v) is 27.4. The van der Waals surface area contributed by atoms with Crippen molar-refractivity contribution in [2.24, 2.45) is 0 Å². The van der Waals surface area contributed by atoms with Gasteiger partial charge in [-0.05, 0) is 64.8 Å². The second-order valence-corrected chi connectivity index (χ2v) is 30.6. The van der Waals surface area contributed by atoms with E-state index in [0.29, 0.717) is 6.10 Å². The second kappa shape index (κ2) is 8.57. The van der Waals surface area contributed by atoms with E-state index >= 15 is 0 Å². The summed E-state index contributed by atoms with van der Waals surface area (Å²) in [6.45, 7) is 20.4. The zero-order chi connectivity index (χ0) is 18.6. The average Bonchev–Trinajstić information content (AvgIpc) is 3.18. The molecule has 0 N–H and O–H groups in total. The molecule has 0 aromatic heterocycles. The van der Waals surface area contributed by atoms with Crippen molar-refractivity contribution in [1.82, 2.24) is 0 Å². The van der Waals surface area contributed by atoms with Crippen molar-refractivity contribution in [2.45, 2.75) is 70.9 Å². The monoisotopic (exact) mass is 410 g/mol. The van der Waals surface area contributed by atoms with Crippen molar-refractivity contribution in [3.05, 3.63) is 0 Å². The molecule has 1 saturated heterocycles. The van der Waals surface area contributed by atoms with E-state index in [0.717, 1.165) is 32.3 Å². The minimum Gasteiger partial charge on any atom is -0.437 e. The number of hydrogen-bond acceptors (Lipinski definition) is 5. The maximum Gasteiger partial charge on any atom is 0.311 e. The maximum atomic E-state index is 6.84. The zero-order valence-corrected chi connectivity index (χ0v) is 21.2. The van der Waals surface area contributed by atoms with Gasteiger partial charge in [0.1, 0.15) is 6.10 Å². The maximum absolute atomic E-state index is 6.84. The summed E-state index contributed by atoms with van der Waals surface area (Å²) < 4.78 is 30.1.